The number of rotatable bonds is 9. The van der Waals surface area contributed by atoms with E-state index in [1.54, 1.807) is 0 Å². The summed E-state index contributed by atoms with van der Waals surface area (Å²) in [4.78, 5) is 25.6. The Kier molecular flexibility index (Phi) is 9.39. The van der Waals surface area contributed by atoms with E-state index >= 15 is 0 Å². The Bertz CT molecular complexity index is 1220. The van der Waals surface area contributed by atoms with E-state index in [2.05, 4.69) is 5.32 Å². The van der Waals surface area contributed by atoms with Crippen LogP contribution in [0.2, 0.25) is 0 Å². The Morgan fingerprint density at radius 3 is 2.44 bits per heavy atom. The van der Waals surface area contributed by atoms with Gasteiger partial charge in [-0.05, 0) is 25.3 Å². The number of carbonyl (C=O) groups excluding carboxylic acids is 1. The smallest absolute Gasteiger partial charge is 0.332 e. The highest BCUT2D eigenvalue weighted by molar-refractivity contribution is 5.81. The number of benzene rings is 2. The van der Waals surface area contributed by atoms with E-state index in [9.17, 15) is 14.7 Å². The number of amides is 1. The Hall–Kier alpha value is -2.90. The van der Waals surface area contributed by atoms with E-state index in [1.165, 1.54) is 6.92 Å². The van der Waals surface area contributed by atoms with Crippen LogP contribution in [-0.4, -0.2) is 78.8 Å². The largest absolute Gasteiger partial charge is 0.479 e. The second-order valence-corrected chi connectivity index (χ2v) is 11.5. The summed E-state index contributed by atoms with van der Waals surface area (Å²) in [6, 6.07) is 18.1. The molecule has 232 valence electrons. The lowest BCUT2D eigenvalue weighted by Crippen LogP contribution is -2.68. The fourth-order valence-electron chi connectivity index (χ4n) is 6.15. The number of carbonyl (C=O) groups is 2. The molecule has 1 amide bonds. The molecule has 2 aromatic carbocycles. The van der Waals surface area contributed by atoms with E-state index < -0.39 is 66.8 Å². The summed E-state index contributed by atoms with van der Waals surface area (Å²) < 4.78 is 43.3. The monoisotopic (exact) mass is 597 g/mol. The first-order chi connectivity index (χ1) is 20.9. The van der Waals surface area contributed by atoms with Crippen LogP contribution in [0.1, 0.15) is 56.4 Å². The number of carboxylic acids is 1. The summed E-state index contributed by atoms with van der Waals surface area (Å²) in [6.45, 7) is 1.91. The fourth-order valence-corrected chi connectivity index (χ4v) is 6.15. The average Bonchev–Trinajstić information content (AvgIpc) is 3.45. The lowest BCUT2D eigenvalue weighted by atomic mass is 9.94. The molecule has 0 aromatic heterocycles. The van der Waals surface area contributed by atoms with Crippen molar-refractivity contribution in [2.24, 2.45) is 0 Å². The van der Waals surface area contributed by atoms with Crippen LogP contribution >= 0.6 is 0 Å². The van der Waals surface area contributed by atoms with Gasteiger partial charge in [0.1, 0.15) is 24.4 Å². The van der Waals surface area contributed by atoms with E-state index in [4.69, 9.17) is 33.2 Å². The summed E-state index contributed by atoms with van der Waals surface area (Å²) in [5.41, 5.74) is 1.70. The molecule has 0 bridgehead atoms. The molecule has 3 aliphatic heterocycles. The van der Waals surface area contributed by atoms with Crippen molar-refractivity contribution in [3.8, 4) is 0 Å². The van der Waals surface area contributed by atoms with Crippen LogP contribution in [0.15, 0.2) is 60.7 Å². The lowest BCUT2D eigenvalue weighted by molar-refractivity contribution is -0.352. The molecule has 2 N–H and O–H groups in total. The summed E-state index contributed by atoms with van der Waals surface area (Å²) >= 11 is 0. The molecule has 8 atom stereocenters. The zero-order valence-electron chi connectivity index (χ0n) is 24.2. The van der Waals surface area contributed by atoms with Gasteiger partial charge in [0.15, 0.2) is 30.6 Å². The molecule has 1 spiro atoms. The van der Waals surface area contributed by atoms with Crippen molar-refractivity contribution >= 4 is 11.9 Å². The van der Waals surface area contributed by atoms with Gasteiger partial charge in [-0.25, -0.2) is 4.79 Å². The SMILES string of the molecule is CC(O[C@H]1[C@@H]2OC(c3ccccc3)OC[C@H]2OC(OCc2ccccc2)[C@@H]1NC(=O)C1COC2(CCCCC2)O1)C(=O)O. The van der Waals surface area contributed by atoms with Gasteiger partial charge in [0.25, 0.3) is 5.91 Å². The summed E-state index contributed by atoms with van der Waals surface area (Å²) in [7, 11) is 0. The van der Waals surface area contributed by atoms with Gasteiger partial charge in [0.2, 0.25) is 0 Å². The molecule has 3 heterocycles. The van der Waals surface area contributed by atoms with Crippen LogP contribution in [-0.2, 0) is 49.4 Å². The minimum absolute atomic E-state index is 0.123. The van der Waals surface area contributed by atoms with Crippen molar-refractivity contribution in [3.63, 3.8) is 0 Å². The van der Waals surface area contributed by atoms with Gasteiger partial charge in [-0.1, -0.05) is 67.1 Å². The zero-order valence-corrected chi connectivity index (χ0v) is 24.2. The standard InChI is InChI=1S/C32H39NO10/c1-20(29(35)36)40-27-25(33-28(34)24-19-39-32(43-24)15-9-4-10-16-32)31(37-17-21-11-5-2-6-12-21)41-23-18-38-30(42-26(23)27)22-13-7-3-8-14-22/h2-3,5-8,11-14,20,23-27,30-31H,4,9-10,15-19H2,1H3,(H,33,34)(H,35,36)/t20?,23-,24?,25-,26-,27-,30?,31?/m1/s1. The maximum atomic E-state index is 13.7. The van der Waals surface area contributed by atoms with Crippen LogP contribution < -0.4 is 5.32 Å². The second-order valence-electron chi connectivity index (χ2n) is 11.5. The Balaban J connectivity index is 1.26. The van der Waals surface area contributed by atoms with Gasteiger partial charge in [-0.2, -0.15) is 0 Å². The quantitative estimate of drug-likeness (QED) is 0.443. The predicted molar refractivity (Wildman–Crippen MR) is 150 cm³/mol. The van der Waals surface area contributed by atoms with Crippen molar-refractivity contribution in [3.05, 3.63) is 71.8 Å². The molecular formula is C32H39NO10. The molecule has 6 rings (SSSR count). The molecule has 4 fully saturated rings. The van der Waals surface area contributed by atoms with E-state index in [0.29, 0.717) is 0 Å². The Morgan fingerprint density at radius 2 is 1.72 bits per heavy atom. The minimum Gasteiger partial charge on any atom is -0.479 e. The first kappa shape index (κ1) is 30.1. The van der Waals surface area contributed by atoms with Crippen molar-refractivity contribution in [2.45, 2.75) is 101 Å². The third-order valence-electron chi connectivity index (χ3n) is 8.45. The van der Waals surface area contributed by atoms with Crippen LogP contribution in [0.5, 0.6) is 0 Å². The normalized spacial score (nSPS) is 32.5. The lowest BCUT2D eigenvalue weighted by Gasteiger charge is -2.49. The highest BCUT2D eigenvalue weighted by Gasteiger charge is 2.54. The molecule has 1 aliphatic carbocycles. The Morgan fingerprint density at radius 1 is 1.00 bits per heavy atom. The predicted octanol–water partition coefficient (Wildman–Crippen LogP) is 3.46. The first-order valence-corrected chi connectivity index (χ1v) is 15.0. The molecule has 1 saturated carbocycles. The van der Waals surface area contributed by atoms with Gasteiger partial charge in [-0.3, -0.25) is 4.79 Å². The van der Waals surface area contributed by atoms with Crippen molar-refractivity contribution < 1.29 is 47.9 Å². The van der Waals surface area contributed by atoms with E-state index in [1.807, 2.05) is 60.7 Å². The molecule has 43 heavy (non-hydrogen) atoms. The Labute approximate surface area is 250 Å². The molecule has 11 heteroatoms. The molecule has 4 aliphatic rings. The van der Waals surface area contributed by atoms with Gasteiger partial charge < -0.3 is 43.6 Å². The van der Waals surface area contributed by atoms with E-state index in [0.717, 1.165) is 43.2 Å². The number of hydrogen-bond donors (Lipinski definition) is 2. The van der Waals surface area contributed by atoms with Gasteiger partial charge >= 0.3 is 5.97 Å². The third kappa shape index (κ3) is 6.93. The number of aliphatic carboxylic acids is 1. The molecule has 11 nitrogen and oxygen atoms in total. The number of ether oxygens (including phenoxy) is 7. The van der Waals surface area contributed by atoms with Crippen LogP contribution in [0, 0.1) is 0 Å². The molecule has 4 unspecified atom stereocenters. The van der Waals surface area contributed by atoms with Crippen molar-refractivity contribution in [1.29, 1.82) is 0 Å². The number of nitrogens with one attached hydrogen (secondary N) is 1. The van der Waals surface area contributed by atoms with Crippen LogP contribution in [0.3, 0.4) is 0 Å². The molecular weight excluding hydrogens is 558 g/mol. The van der Waals surface area contributed by atoms with Crippen LogP contribution in [0.4, 0.5) is 0 Å². The van der Waals surface area contributed by atoms with Crippen LogP contribution in [0.25, 0.3) is 0 Å². The second kappa shape index (κ2) is 13.4. The topological polar surface area (TPSA) is 131 Å². The number of hydrogen-bond acceptors (Lipinski definition) is 9. The van der Waals surface area contributed by atoms with Gasteiger partial charge in [0.05, 0.1) is 19.8 Å². The van der Waals surface area contributed by atoms with Crippen molar-refractivity contribution in [2.75, 3.05) is 13.2 Å². The maximum Gasteiger partial charge on any atom is 0.332 e. The summed E-state index contributed by atoms with van der Waals surface area (Å²) in [5, 5.41) is 12.8. The van der Waals surface area contributed by atoms with Gasteiger partial charge in [0, 0.05) is 18.4 Å². The van der Waals surface area contributed by atoms with Gasteiger partial charge in [-0.15, -0.1) is 0 Å². The fraction of sp³-hybridized carbons (Fsp3) is 0.562. The maximum absolute atomic E-state index is 13.7. The summed E-state index contributed by atoms with van der Waals surface area (Å²) in [6.07, 6.45) is -1.56. The zero-order chi connectivity index (χ0) is 29.8. The molecule has 0 radical (unpaired) electrons. The first-order valence-electron chi connectivity index (χ1n) is 15.0. The molecule has 3 saturated heterocycles. The highest BCUT2D eigenvalue weighted by atomic mass is 16.8. The average molecular weight is 598 g/mol. The molecule has 2 aromatic rings. The third-order valence-corrected chi connectivity index (χ3v) is 8.45. The minimum atomic E-state index is -1.20. The number of carboxylic acid groups (broad SMARTS) is 1. The highest BCUT2D eigenvalue weighted by Crippen LogP contribution is 2.39. The van der Waals surface area contributed by atoms with E-state index in [-0.39, 0.29) is 19.8 Å². The summed E-state index contributed by atoms with van der Waals surface area (Å²) in [5.74, 6) is -2.29. The number of fused-ring (bicyclic) bond motifs is 1. The van der Waals surface area contributed by atoms with Crippen molar-refractivity contribution in [1.82, 2.24) is 5.32 Å².